The molecule has 0 saturated carbocycles. The van der Waals surface area contributed by atoms with Gasteiger partial charge in [0.05, 0.1) is 6.57 Å². The Morgan fingerprint density at radius 1 is 0.750 bits per heavy atom. The molecule has 0 bridgehead atoms. The maximum Gasteiger partial charge on any atom is 0.187 e. The number of rotatable bonds is 10. The number of nitrogens with zero attached hydrogens (tertiary/aromatic N) is 2. The summed E-state index contributed by atoms with van der Waals surface area (Å²) in [5.74, 6) is 0. The fraction of sp³-hybridized carbons (Fsp3) is 0.500. The van der Waals surface area contributed by atoms with Gasteiger partial charge in [-0.3, -0.25) is 0 Å². The minimum Gasteiger partial charge on any atom is -0.372 e. The molecule has 2 aromatic carbocycles. The molecule has 2 heteroatoms. The van der Waals surface area contributed by atoms with Gasteiger partial charge < -0.3 is 4.90 Å². The topological polar surface area (TPSA) is 7.60 Å². The highest BCUT2D eigenvalue weighted by molar-refractivity contribution is 5.55. The van der Waals surface area contributed by atoms with E-state index < -0.39 is 0 Å². The summed E-state index contributed by atoms with van der Waals surface area (Å²) < 4.78 is 0. The van der Waals surface area contributed by atoms with E-state index in [-0.39, 0.29) is 0 Å². The maximum absolute atomic E-state index is 6.95. The van der Waals surface area contributed by atoms with Crippen LogP contribution in [0, 0.1) is 13.5 Å². The smallest absolute Gasteiger partial charge is 0.187 e. The standard InChI is InChI=1S/C15H22N2.C11H16/c1-4-6-12-17(13-7-5-2)15-10-8-14(16-3)9-11-15;1-3-4-5-11-8-6-10(2)7-9-11/h8-11H,4-7,12-13H2,1-2H3;6-9H,3-5H2,1-2H3. The van der Waals surface area contributed by atoms with Crippen molar-refractivity contribution in [3.63, 3.8) is 0 Å². The SMILES string of the molecule is CCCCc1ccc(C)cc1.[C-]#[N+]c1ccc(N(CCCC)CCCC)cc1. The van der Waals surface area contributed by atoms with E-state index in [1.165, 1.54) is 61.8 Å². The highest BCUT2D eigenvalue weighted by Crippen LogP contribution is 2.20. The molecule has 0 unspecified atom stereocenters. The third kappa shape index (κ3) is 9.60. The number of benzene rings is 2. The molecule has 0 heterocycles. The molecule has 2 rings (SSSR count). The van der Waals surface area contributed by atoms with Gasteiger partial charge in [-0.25, -0.2) is 4.85 Å². The van der Waals surface area contributed by atoms with Crippen molar-refractivity contribution >= 4 is 11.4 Å². The van der Waals surface area contributed by atoms with Crippen LogP contribution in [-0.4, -0.2) is 13.1 Å². The third-order valence-corrected chi connectivity index (χ3v) is 4.85. The van der Waals surface area contributed by atoms with Gasteiger partial charge >= 0.3 is 0 Å². The summed E-state index contributed by atoms with van der Waals surface area (Å²) in [6.45, 7) is 18.0. The number of anilines is 1. The first-order valence-electron chi connectivity index (χ1n) is 10.9. The average molecular weight is 379 g/mol. The Morgan fingerprint density at radius 2 is 1.29 bits per heavy atom. The third-order valence-electron chi connectivity index (χ3n) is 4.85. The molecule has 0 aliphatic rings. The highest BCUT2D eigenvalue weighted by atomic mass is 15.1. The van der Waals surface area contributed by atoms with Gasteiger partial charge in [0, 0.05) is 18.8 Å². The van der Waals surface area contributed by atoms with Gasteiger partial charge in [0.15, 0.2) is 5.69 Å². The quantitative estimate of drug-likeness (QED) is 0.380. The minimum absolute atomic E-state index is 0.722. The lowest BCUT2D eigenvalue weighted by Gasteiger charge is -2.24. The van der Waals surface area contributed by atoms with Crippen LogP contribution < -0.4 is 4.90 Å². The van der Waals surface area contributed by atoms with E-state index in [1.54, 1.807) is 0 Å². The summed E-state index contributed by atoms with van der Waals surface area (Å²) in [5.41, 5.74) is 4.79. The highest BCUT2D eigenvalue weighted by Gasteiger charge is 2.05. The van der Waals surface area contributed by atoms with Crippen molar-refractivity contribution in [2.75, 3.05) is 18.0 Å². The lowest BCUT2D eigenvalue weighted by molar-refractivity contribution is 0.678. The van der Waals surface area contributed by atoms with Crippen LogP contribution >= 0.6 is 0 Å². The number of hydrogen-bond donors (Lipinski definition) is 0. The molecule has 0 aliphatic carbocycles. The van der Waals surface area contributed by atoms with Gasteiger partial charge in [0.1, 0.15) is 0 Å². The zero-order valence-electron chi connectivity index (χ0n) is 18.4. The predicted octanol–water partition coefficient (Wildman–Crippen LogP) is 7.98. The Hall–Kier alpha value is -2.27. The monoisotopic (exact) mass is 378 g/mol. The van der Waals surface area contributed by atoms with Gasteiger partial charge in [-0.05, 0) is 50.3 Å². The fourth-order valence-corrected chi connectivity index (χ4v) is 2.94. The molecule has 152 valence electrons. The van der Waals surface area contributed by atoms with Crippen molar-refractivity contribution in [3.05, 3.63) is 71.1 Å². The van der Waals surface area contributed by atoms with Crippen LogP contribution in [0.25, 0.3) is 4.85 Å². The van der Waals surface area contributed by atoms with E-state index in [1.807, 2.05) is 12.1 Å². The molecule has 0 saturated heterocycles. The second kappa shape index (κ2) is 14.7. The fourth-order valence-electron chi connectivity index (χ4n) is 2.94. The van der Waals surface area contributed by atoms with Crippen LogP contribution in [0.4, 0.5) is 11.4 Å². The normalized spacial score (nSPS) is 9.96. The summed E-state index contributed by atoms with van der Waals surface area (Å²) >= 11 is 0. The zero-order chi connectivity index (χ0) is 20.6. The lowest BCUT2D eigenvalue weighted by Crippen LogP contribution is -2.25. The molecule has 2 nitrogen and oxygen atoms in total. The van der Waals surface area contributed by atoms with Crippen molar-refractivity contribution in [1.82, 2.24) is 0 Å². The van der Waals surface area contributed by atoms with Crippen molar-refractivity contribution in [3.8, 4) is 0 Å². The van der Waals surface area contributed by atoms with Crippen LogP contribution in [0.2, 0.25) is 0 Å². The molecule has 0 N–H and O–H groups in total. The van der Waals surface area contributed by atoms with E-state index in [0.717, 1.165) is 18.8 Å². The molecule has 0 radical (unpaired) electrons. The van der Waals surface area contributed by atoms with Crippen LogP contribution in [-0.2, 0) is 6.42 Å². The Kier molecular flexibility index (Phi) is 12.5. The molecule has 0 spiro atoms. The van der Waals surface area contributed by atoms with Crippen molar-refractivity contribution in [2.45, 2.75) is 72.6 Å². The van der Waals surface area contributed by atoms with E-state index >= 15 is 0 Å². The predicted molar refractivity (Wildman–Crippen MR) is 125 cm³/mol. The van der Waals surface area contributed by atoms with Crippen LogP contribution in [0.1, 0.15) is 70.4 Å². The molecule has 0 fully saturated rings. The summed E-state index contributed by atoms with van der Waals surface area (Å²) in [4.78, 5) is 5.86. The van der Waals surface area contributed by atoms with Crippen LogP contribution in [0.5, 0.6) is 0 Å². The Labute approximate surface area is 173 Å². The summed E-state index contributed by atoms with van der Waals surface area (Å²) in [6.07, 6.45) is 8.74. The Bertz CT molecular complexity index is 657. The summed E-state index contributed by atoms with van der Waals surface area (Å²) in [6, 6.07) is 16.8. The second-order valence-electron chi connectivity index (χ2n) is 7.41. The summed E-state index contributed by atoms with van der Waals surface area (Å²) in [7, 11) is 0. The van der Waals surface area contributed by atoms with Gasteiger partial charge in [0.25, 0.3) is 0 Å². The zero-order valence-corrected chi connectivity index (χ0v) is 18.4. The van der Waals surface area contributed by atoms with Gasteiger partial charge in [-0.15, -0.1) is 0 Å². The molecule has 2 aromatic rings. The largest absolute Gasteiger partial charge is 0.372 e. The van der Waals surface area contributed by atoms with Gasteiger partial charge in [-0.2, -0.15) is 0 Å². The minimum atomic E-state index is 0.722. The lowest BCUT2D eigenvalue weighted by atomic mass is 10.1. The van der Waals surface area contributed by atoms with E-state index in [0.29, 0.717) is 0 Å². The molecular weight excluding hydrogens is 340 g/mol. The van der Waals surface area contributed by atoms with Crippen molar-refractivity contribution < 1.29 is 0 Å². The van der Waals surface area contributed by atoms with E-state index in [4.69, 9.17) is 6.57 Å². The molecule has 28 heavy (non-hydrogen) atoms. The first-order valence-corrected chi connectivity index (χ1v) is 10.9. The number of unbranched alkanes of at least 4 members (excludes halogenated alkanes) is 3. The summed E-state index contributed by atoms with van der Waals surface area (Å²) in [5, 5.41) is 0. The molecule has 0 aromatic heterocycles. The Morgan fingerprint density at radius 3 is 1.75 bits per heavy atom. The molecule has 0 amide bonds. The molecular formula is C26H38N2. The number of aryl methyl sites for hydroxylation is 2. The average Bonchev–Trinajstić information content (AvgIpc) is 2.74. The van der Waals surface area contributed by atoms with E-state index in [9.17, 15) is 0 Å². The van der Waals surface area contributed by atoms with Crippen molar-refractivity contribution in [1.29, 1.82) is 0 Å². The molecule has 0 atom stereocenters. The first-order chi connectivity index (χ1) is 13.6. The van der Waals surface area contributed by atoms with Crippen LogP contribution in [0.15, 0.2) is 48.5 Å². The van der Waals surface area contributed by atoms with Crippen molar-refractivity contribution in [2.24, 2.45) is 0 Å². The van der Waals surface area contributed by atoms with Gasteiger partial charge in [-0.1, -0.05) is 82.0 Å². The second-order valence-corrected chi connectivity index (χ2v) is 7.41. The first kappa shape index (κ1) is 23.8. The molecule has 0 aliphatic heterocycles. The van der Waals surface area contributed by atoms with Crippen LogP contribution in [0.3, 0.4) is 0 Å². The Balaban J connectivity index is 0.000000307. The van der Waals surface area contributed by atoms with E-state index in [2.05, 4.69) is 73.8 Å². The van der Waals surface area contributed by atoms with Gasteiger partial charge in [0.2, 0.25) is 0 Å². The maximum atomic E-state index is 6.95. The number of hydrogen-bond acceptors (Lipinski definition) is 1.